The van der Waals surface area contributed by atoms with Crippen LogP contribution in [0.15, 0.2) is 47.5 Å². The van der Waals surface area contributed by atoms with Crippen molar-refractivity contribution in [1.82, 2.24) is 25.5 Å². The summed E-state index contributed by atoms with van der Waals surface area (Å²) in [5.74, 6) is 2.63. The molecular weight excluding hydrogens is 514 g/mol. The monoisotopic (exact) mass is 551 g/mol. The van der Waals surface area contributed by atoms with Crippen LogP contribution in [0.3, 0.4) is 0 Å². The van der Waals surface area contributed by atoms with Crippen LogP contribution in [0.4, 0.5) is 17.6 Å². The minimum absolute atomic E-state index is 0.0381. The number of aromatic nitrogens is 4. The van der Waals surface area contributed by atoms with E-state index in [9.17, 15) is 13.2 Å². The molecule has 5 rings (SSSR count). The molecule has 2 aliphatic carbocycles. The maximum Gasteiger partial charge on any atom is 0.251 e. The van der Waals surface area contributed by atoms with Gasteiger partial charge in [0.1, 0.15) is 5.82 Å². The zero-order valence-corrected chi connectivity index (χ0v) is 23.6. The molecule has 3 aromatic rings. The molecule has 0 unspecified atom stereocenters. The fraction of sp³-hybridized carbons (Fsp3) is 0.500. The lowest BCUT2D eigenvalue weighted by Crippen LogP contribution is -2.43. The Kier molecular flexibility index (Phi) is 7.88. The quantitative estimate of drug-likeness (QED) is 0.427. The van der Waals surface area contributed by atoms with E-state index in [4.69, 9.17) is 4.98 Å². The maximum atomic E-state index is 12.8. The van der Waals surface area contributed by atoms with Crippen molar-refractivity contribution in [3.05, 3.63) is 53.9 Å². The number of carbonyl (C=O) groups excluding carboxylic acids is 1. The highest BCUT2D eigenvalue weighted by Crippen LogP contribution is 2.35. The lowest BCUT2D eigenvalue weighted by atomic mass is 9.90. The second-order valence-corrected chi connectivity index (χ2v) is 12.8. The van der Waals surface area contributed by atoms with E-state index in [0.717, 1.165) is 43.6 Å². The van der Waals surface area contributed by atoms with Gasteiger partial charge in [0.2, 0.25) is 5.95 Å². The third-order valence-corrected chi connectivity index (χ3v) is 9.22. The molecule has 0 saturated heterocycles. The second kappa shape index (κ2) is 11.3. The summed E-state index contributed by atoms with van der Waals surface area (Å²) in [6.45, 7) is 0. The Bertz CT molecular complexity index is 1410. The standard InChI is InChI=1S/C28H37N7O3S/c1-34(22-13-11-21(12-14-22)30-27(36)20-9-6-10-23(17-20)39(3,37)38)28-29-16-15-25(31-28)35(2)26-18-24(32-33-26)19-7-4-5-8-19/h6,9-10,15-19,21-22H,4-5,7-8,11-14H2,1-3H3,(H,30,36)(H,32,33). The van der Waals surface area contributed by atoms with Crippen LogP contribution in [0.25, 0.3) is 0 Å². The molecule has 0 radical (unpaired) electrons. The lowest BCUT2D eigenvalue weighted by Gasteiger charge is -2.35. The number of sulfone groups is 1. The Hall–Kier alpha value is -3.47. The number of hydrogen-bond donors (Lipinski definition) is 2. The van der Waals surface area contributed by atoms with E-state index in [1.807, 2.05) is 25.1 Å². The first-order valence-electron chi connectivity index (χ1n) is 13.6. The van der Waals surface area contributed by atoms with E-state index in [1.54, 1.807) is 18.3 Å². The molecule has 2 aliphatic rings. The molecule has 2 fully saturated rings. The molecule has 208 valence electrons. The zero-order valence-electron chi connectivity index (χ0n) is 22.8. The molecule has 2 aromatic heterocycles. The number of amides is 1. The van der Waals surface area contributed by atoms with E-state index in [2.05, 4.69) is 31.5 Å². The smallest absolute Gasteiger partial charge is 0.251 e. The molecular formula is C28H37N7O3S. The maximum absolute atomic E-state index is 12.8. The first-order chi connectivity index (χ1) is 18.7. The van der Waals surface area contributed by atoms with Gasteiger partial charge in [0, 0.05) is 61.9 Å². The third kappa shape index (κ3) is 6.24. The predicted octanol–water partition coefficient (Wildman–Crippen LogP) is 4.21. The van der Waals surface area contributed by atoms with E-state index >= 15 is 0 Å². The Balaban J connectivity index is 1.18. The van der Waals surface area contributed by atoms with Gasteiger partial charge in [0.25, 0.3) is 5.91 Å². The van der Waals surface area contributed by atoms with Crippen LogP contribution in [0.2, 0.25) is 0 Å². The molecule has 2 heterocycles. The van der Waals surface area contributed by atoms with Crippen molar-refractivity contribution < 1.29 is 13.2 Å². The number of carbonyl (C=O) groups is 1. The average Bonchev–Trinajstić information content (AvgIpc) is 3.65. The number of aromatic amines is 1. The summed E-state index contributed by atoms with van der Waals surface area (Å²) < 4.78 is 23.7. The van der Waals surface area contributed by atoms with Gasteiger partial charge in [-0.2, -0.15) is 10.1 Å². The predicted molar refractivity (Wildman–Crippen MR) is 151 cm³/mol. The molecule has 2 saturated carbocycles. The zero-order chi connectivity index (χ0) is 27.6. The van der Waals surface area contributed by atoms with Crippen LogP contribution in [-0.4, -0.2) is 66.9 Å². The Labute approximate surface area is 230 Å². The molecule has 10 nitrogen and oxygen atoms in total. The fourth-order valence-corrected chi connectivity index (χ4v) is 6.33. The molecule has 1 aromatic carbocycles. The van der Waals surface area contributed by atoms with Crippen molar-refractivity contribution in [2.75, 3.05) is 30.2 Å². The minimum atomic E-state index is -3.37. The van der Waals surface area contributed by atoms with Gasteiger partial charge in [-0.15, -0.1) is 0 Å². The summed E-state index contributed by atoms with van der Waals surface area (Å²) in [6, 6.07) is 10.5. The molecule has 39 heavy (non-hydrogen) atoms. The number of rotatable bonds is 8. The lowest BCUT2D eigenvalue weighted by molar-refractivity contribution is 0.0925. The number of hydrogen-bond acceptors (Lipinski definition) is 8. The van der Waals surface area contributed by atoms with Crippen molar-refractivity contribution >= 4 is 33.3 Å². The van der Waals surface area contributed by atoms with E-state index in [1.165, 1.54) is 43.5 Å². The van der Waals surface area contributed by atoms with E-state index < -0.39 is 9.84 Å². The van der Waals surface area contributed by atoms with Crippen LogP contribution >= 0.6 is 0 Å². The molecule has 0 spiro atoms. The van der Waals surface area contributed by atoms with Crippen LogP contribution < -0.4 is 15.1 Å². The number of H-pyrrole nitrogens is 1. The summed E-state index contributed by atoms with van der Waals surface area (Å²) in [5, 5.41) is 10.8. The number of anilines is 3. The summed E-state index contributed by atoms with van der Waals surface area (Å²) >= 11 is 0. The van der Waals surface area contributed by atoms with Crippen LogP contribution in [0.1, 0.15) is 73.3 Å². The van der Waals surface area contributed by atoms with E-state index in [-0.39, 0.29) is 22.9 Å². The van der Waals surface area contributed by atoms with Crippen molar-refractivity contribution in [3.8, 4) is 0 Å². The fourth-order valence-electron chi connectivity index (χ4n) is 5.66. The second-order valence-electron chi connectivity index (χ2n) is 10.8. The van der Waals surface area contributed by atoms with Crippen molar-refractivity contribution in [1.29, 1.82) is 0 Å². The number of nitrogens with zero attached hydrogens (tertiary/aromatic N) is 5. The highest BCUT2D eigenvalue weighted by molar-refractivity contribution is 7.90. The third-order valence-electron chi connectivity index (χ3n) is 8.11. The van der Waals surface area contributed by atoms with Gasteiger partial charge in [-0.3, -0.25) is 9.89 Å². The molecule has 0 atom stereocenters. The van der Waals surface area contributed by atoms with Crippen molar-refractivity contribution in [2.24, 2.45) is 0 Å². The normalized spacial score (nSPS) is 20.1. The summed E-state index contributed by atoms with van der Waals surface area (Å²) in [4.78, 5) is 26.4. The van der Waals surface area contributed by atoms with Crippen LogP contribution in [0.5, 0.6) is 0 Å². The van der Waals surface area contributed by atoms with Crippen molar-refractivity contribution in [2.45, 2.75) is 74.3 Å². The number of nitrogens with one attached hydrogen (secondary N) is 2. The van der Waals surface area contributed by atoms with Gasteiger partial charge in [0.05, 0.1) is 4.90 Å². The topological polar surface area (TPSA) is 124 Å². The van der Waals surface area contributed by atoms with Gasteiger partial charge in [-0.05, 0) is 62.8 Å². The van der Waals surface area contributed by atoms with Gasteiger partial charge >= 0.3 is 0 Å². The summed E-state index contributed by atoms with van der Waals surface area (Å²) in [7, 11) is 0.625. The Morgan fingerprint density at radius 2 is 1.74 bits per heavy atom. The highest BCUT2D eigenvalue weighted by Gasteiger charge is 2.27. The molecule has 1 amide bonds. The molecule has 2 N–H and O–H groups in total. The van der Waals surface area contributed by atoms with Crippen LogP contribution in [0, 0.1) is 0 Å². The summed E-state index contributed by atoms with van der Waals surface area (Å²) in [6.07, 6.45) is 11.3. The Morgan fingerprint density at radius 1 is 1.00 bits per heavy atom. The van der Waals surface area contributed by atoms with Gasteiger partial charge in [-0.25, -0.2) is 13.4 Å². The first-order valence-corrected chi connectivity index (χ1v) is 15.5. The minimum Gasteiger partial charge on any atom is -0.349 e. The van der Waals surface area contributed by atoms with Gasteiger partial charge in [-0.1, -0.05) is 18.9 Å². The largest absolute Gasteiger partial charge is 0.349 e. The van der Waals surface area contributed by atoms with Gasteiger partial charge < -0.3 is 15.1 Å². The van der Waals surface area contributed by atoms with Gasteiger partial charge in [0.15, 0.2) is 15.7 Å². The Morgan fingerprint density at radius 3 is 2.46 bits per heavy atom. The molecule has 0 bridgehead atoms. The van der Waals surface area contributed by atoms with Crippen molar-refractivity contribution in [3.63, 3.8) is 0 Å². The van der Waals surface area contributed by atoms with Crippen LogP contribution in [-0.2, 0) is 9.84 Å². The highest BCUT2D eigenvalue weighted by atomic mass is 32.2. The molecule has 11 heteroatoms. The van der Waals surface area contributed by atoms with E-state index in [0.29, 0.717) is 17.4 Å². The molecule has 0 aliphatic heterocycles. The first kappa shape index (κ1) is 27.1. The average molecular weight is 552 g/mol. The SMILES string of the molecule is CN(c1cc(C2CCCC2)[nH]n1)c1ccnc(N(C)C2CCC(NC(=O)c3cccc(S(C)(=O)=O)c3)CC2)n1. The number of benzene rings is 1. The summed E-state index contributed by atoms with van der Waals surface area (Å²) in [5.41, 5.74) is 1.56.